The maximum absolute atomic E-state index is 2.00. The summed E-state index contributed by atoms with van der Waals surface area (Å²) in [6.07, 6.45) is 0. The van der Waals surface area contributed by atoms with Crippen LogP contribution in [-0.2, 0) is 21.1 Å². The Morgan fingerprint density at radius 1 is 0.636 bits per heavy atom. The molecule has 0 amide bonds. The van der Waals surface area contributed by atoms with Gasteiger partial charge in [0, 0.05) is 0 Å². The average molecular weight is 316 g/mol. The molecule has 0 saturated heterocycles. The zero-order valence-electron chi connectivity index (χ0n) is 6.27. The summed E-state index contributed by atoms with van der Waals surface area (Å²) in [6.45, 7) is 0. The Hall–Kier alpha value is -0.612. The molecular formula is C10H12W-6. The summed E-state index contributed by atoms with van der Waals surface area (Å²) in [5.41, 5.74) is 0. The van der Waals surface area contributed by atoms with E-state index < -0.39 is 0 Å². The normalized spacial score (nSPS) is 7.27. The Balaban J connectivity index is 0.000000167. The van der Waals surface area contributed by atoms with E-state index in [1.54, 1.807) is 0 Å². The molecule has 0 saturated carbocycles. The van der Waals surface area contributed by atoms with Gasteiger partial charge in [0.1, 0.15) is 0 Å². The van der Waals surface area contributed by atoms with Gasteiger partial charge >= 0.3 is 21.1 Å². The van der Waals surface area contributed by atoms with Crippen LogP contribution in [0.15, 0.2) is 60.7 Å². The monoisotopic (exact) mass is 316 g/mol. The molecule has 0 aliphatic heterocycles. The fourth-order valence-electron chi connectivity index (χ4n) is 0.642. The Labute approximate surface area is 81.9 Å². The first-order valence-corrected chi connectivity index (χ1v) is 3.33. The maximum atomic E-state index is 2.00. The topological polar surface area (TPSA) is 0 Å². The Morgan fingerprint density at radius 3 is 1.18 bits per heavy atom. The van der Waals surface area contributed by atoms with Crippen LogP contribution in [0.4, 0.5) is 0 Å². The van der Waals surface area contributed by atoms with E-state index >= 15 is 0 Å². The van der Waals surface area contributed by atoms with Crippen molar-refractivity contribution in [1.29, 1.82) is 0 Å². The molecule has 0 heterocycles. The van der Waals surface area contributed by atoms with E-state index in [0.717, 1.165) is 0 Å². The Bertz CT molecular complexity index is 144. The van der Waals surface area contributed by atoms with Crippen molar-refractivity contribution in [3.63, 3.8) is 0 Å². The first-order chi connectivity index (χ1) is 5.00. The van der Waals surface area contributed by atoms with Gasteiger partial charge in [-0.3, -0.25) is 0 Å². The summed E-state index contributed by atoms with van der Waals surface area (Å²) in [5.74, 6) is 0. The van der Waals surface area contributed by atoms with E-state index in [4.69, 9.17) is 0 Å². The van der Waals surface area contributed by atoms with Crippen LogP contribution < -0.4 is 0 Å². The van der Waals surface area contributed by atoms with Gasteiger partial charge in [0.25, 0.3) is 0 Å². The van der Waals surface area contributed by atoms with Crippen molar-refractivity contribution in [3.8, 4) is 0 Å². The van der Waals surface area contributed by atoms with Crippen LogP contribution in [0, 0.1) is 0 Å². The van der Waals surface area contributed by atoms with Gasteiger partial charge in [0.05, 0.1) is 0 Å². The van der Waals surface area contributed by atoms with Gasteiger partial charge in [-0.2, -0.15) is 18.2 Å². The van der Waals surface area contributed by atoms with Crippen LogP contribution in [0.1, 0.15) is 0 Å². The third-order valence-electron chi connectivity index (χ3n) is 1.11. The van der Waals surface area contributed by atoms with Gasteiger partial charge in [-0.1, -0.05) is 0 Å². The van der Waals surface area contributed by atoms with Gasteiger partial charge < -0.3 is 30.3 Å². The first kappa shape index (κ1) is 10.4. The summed E-state index contributed by atoms with van der Waals surface area (Å²) in [4.78, 5) is 0. The molecule has 0 spiro atoms. The second kappa shape index (κ2) is 7.49. The molecule has 0 atom stereocenters. The smallest absolute Gasteiger partial charge is 0.172 e. The molecule has 0 aromatic heterocycles. The molecule has 0 fully saturated rings. The van der Waals surface area contributed by atoms with Crippen molar-refractivity contribution < 1.29 is 21.1 Å². The molecule has 0 bridgehead atoms. The molecular weight excluding hydrogens is 304 g/mol. The van der Waals surface area contributed by atoms with E-state index in [2.05, 4.69) is 0 Å². The molecule has 0 aliphatic rings. The van der Waals surface area contributed by atoms with E-state index in [1.165, 1.54) is 0 Å². The van der Waals surface area contributed by atoms with Gasteiger partial charge in [-0.05, 0) is 0 Å². The SMILES string of the molecule is [WH2].[cH-]1[cH-][cH-][cH-][cH-]1.c1cc[cH-]c1. The van der Waals surface area contributed by atoms with Crippen molar-refractivity contribution in [3.05, 3.63) is 60.7 Å². The third-order valence-corrected chi connectivity index (χ3v) is 1.11. The van der Waals surface area contributed by atoms with Crippen molar-refractivity contribution in [2.45, 2.75) is 0 Å². The van der Waals surface area contributed by atoms with E-state index in [0.29, 0.717) is 0 Å². The summed E-state index contributed by atoms with van der Waals surface area (Å²) < 4.78 is 0. The molecule has 0 radical (unpaired) electrons. The Kier molecular flexibility index (Phi) is 7.08. The van der Waals surface area contributed by atoms with Crippen LogP contribution in [0.2, 0.25) is 0 Å². The average Bonchev–Trinajstić information content (AvgIpc) is 2.67. The van der Waals surface area contributed by atoms with Crippen molar-refractivity contribution >= 4 is 0 Å². The number of rotatable bonds is 0. The van der Waals surface area contributed by atoms with Crippen LogP contribution in [-0.4, -0.2) is 0 Å². The molecule has 1 heteroatoms. The molecule has 2 aromatic carbocycles. The number of hydrogen-bond acceptors (Lipinski definition) is 0. The predicted octanol–water partition coefficient (Wildman–Crippen LogP) is 2.27. The minimum Gasteiger partial charge on any atom is -0.748 e. The van der Waals surface area contributed by atoms with Gasteiger partial charge in [-0.25, -0.2) is 12.1 Å². The van der Waals surface area contributed by atoms with E-state index in [-0.39, 0.29) is 21.1 Å². The molecule has 2 aromatic rings. The first-order valence-electron chi connectivity index (χ1n) is 3.33. The predicted molar refractivity (Wildman–Crippen MR) is 46.9 cm³/mol. The fourth-order valence-corrected chi connectivity index (χ4v) is 0.642. The van der Waals surface area contributed by atoms with E-state index in [1.807, 2.05) is 60.7 Å². The van der Waals surface area contributed by atoms with Crippen LogP contribution in [0.25, 0.3) is 0 Å². The molecule has 64 valence electrons. The fraction of sp³-hybridized carbons (Fsp3) is 0. The molecule has 0 N–H and O–H groups in total. The minimum atomic E-state index is 0. The zero-order valence-corrected chi connectivity index (χ0v) is 9.87. The Morgan fingerprint density at radius 2 is 1.00 bits per heavy atom. The van der Waals surface area contributed by atoms with Crippen molar-refractivity contribution in [1.82, 2.24) is 0 Å². The van der Waals surface area contributed by atoms with Gasteiger partial charge in [-0.15, -0.1) is 0 Å². The minimum absolute atomic E-state index is 0. The maximum Gasteiger partial charge on any atom is -0.172 e. The summed E-state index contributed by atoms with van der Waals surface area (Å²) in [6, 6.07) is 20.0. The molecule has 0 nitrogen and oxygen atoms in total. The standard InChI is InChI=1S/2C5H5.W.2H/c2*1-2-4-5-3-1;;;/h2*1-5H;;;/q-5;-1;;;. The van der Waals surface area contributed by atoms with Gasteiger partial charge in [0.2, 0.25) is 0 Å². The van der Waals surface area contributed by atoms with Crippen LogP contribution in [0.5, 0.6) is 0 Å². The largest absolute Gasteiger partial charge is 0.748 e. The van der Waals surface area contributed by atoms with Gasteiger partial charge in [0.15, 0.2) is 0 Å². The summed E-state index contributed by atoms with van der Waals surface area (Å²) >= 11 is 0. The van der Waals surface area contributed by atoms with E-state index in [9.17, 15) is 0 Å². The number of hydrogen-bond donors (Lipinski definition) is 0. The molecule has 2 rings (SSSR count). The zero-order chi connectivity index (χ0) is 7.07. The quantitative estimate of drug-likeness (QED) is 0.654. The summed E-state index contributed by atoms with van der Waals surface area (Å²) in [5, 5.41) is 0. The molecule has 11 heavy (non-hydrogen) atoms. The van der Waals surface area contributed by atoms with Crippen molar-refractivity contribution in [2.24, 2.45) is 0 Å². The van der Waals surface area contributed by atoms with Crippen LogP contribution >= 0.6 is 0 Å². The van der Waals surface area contributed by atoms with Crippen molar-refractivity contribution in [2.75, 3.05) is 0 Å². The van der Waals surface area contributed by atoms with Crippen LogP contribution in [0.3, 0.4) is 0 Å². The molecule has 0 aliphatic carbocycles. The third kappa shape index (κ3) is 5.81. The second-order valence-corrected chi connectivity index (χ2v) is 1.92. The second-order valence-electron chi connectivity index (χ2n) is 1.92. The molecule has 0 unspecified atom stereocenters. The summed E-state index contributed by atoms with van der Waals surface area (Å²) in [7, 11) is 0.